The summed E-state index contributed by atoms with van der Waals surface area (Å²) < 4.78 is 26.5. The Bertz CT molecular complexity index is 1340. The second-order valence-electron chi connectivity index (χ2n) is 7.66. The van der Waals surface area contributed by atoms with Crippen molar-refractivity contribution in [2.24, 2.45) is 0 Å². The SMILES string of the molecule is O=C(c1ccc(OSP)cc1)C(Sc1c(O)ccc(OCc2ccccc2)c1F)c1cccc(O)c1.[Tl]. The molecular formula is C27H22FO5PS2Tl. The van der Waals surface area contributed by atoms with Crippen molar-refractivity contribution in [2.75, 3.05) is 0 Å². The van der Waals surface area contributed by atoms with Gasteiger partial charge >= 0.3 is 0 Å². The van der Waals surface area contributed by atoms with E-state index in [0.29, 0.717) is 16.9 Å². The van der Waals surface area contributed by atoms with Crippen molar-refractivity contribution in [3.8, 4) is 23.0 Å². The minimum atomic E-state index is -0.954. The number of rotatable bonds is 10. The summed E-state index contributed by atoms with van der Waals surface area (Å²) in [5.41, 5.74) is 1.69. The third-order valence-corrected chi connectivity index (χ3v) is 7.13. The van der Waals surface area contributed by atoms with E-state index in [9.17, 15) is 15.0 Å². The molecule has 0 bridgehead atoms. The molecule has 0 aromatic heterocycles. The molecule has 2 N–H and O–H groups in total. The van der Waals surface area contributed by atoms with Crippen LogP contribution in [-0.4, -0.2) is 43.3 Å². The van der Waals surface area contributed by atoms with E-state index in [0.717, 1.165) is 29.0 Å². The summed E-state index contributed by atoms with van der Waals surface area (Å²) in [6.07, 6.45) is 0. The Morgan fingerprint density at radius 2 is 1.68 bits per heavy atom. The molecule has 0 saturated carbocycles. The zero-order valence-corrected chi connectivity index (χ0v) is 26.7. The van der Waals surface area contributed by atoms with Crippen molar-refractivity contribution >= 4 is 64.9 Å². The molecule has 0 fully saturated rings. The summed E-state index contributed by atoms with van der Waals surface area (Å²) in [6.45, 7) is 0.143. The first-order valence-corrected chi connectivity index (χ1v) is 13.9. The summed E-state index contributed by atoms with van der Waals surface area (Å²) in [7, 11) is 2.37. The van der Waals surface area contributed by atoms with Gasteiger partial charge in [-0.15, -0.1) is 11.8 Å². The van der Waals surface area contributed by atoms with Gasteiger partial charge in [-0.25, -0.2) is 4.39 Å². The monoisotopic (exact) mass is 745 g/mol. The molecule has 187 valence electrons. The Labute approximate surface area is 245 Å². The van der Waals surface area contributed by atoms with Crippen LogP contribution in [0.5, 0.6) is 23.0 Å². The van der Waals surface area contributed by atoms with Crippen LogP contribution in [0.1, 0.15) is 26.7 Å². The Hall–Kier alpha value is -2.27. The number of carbonyl (C=O) groups excluding carboxylic acids is 1. The van der Waals surface area contributed by atoms with E-state index in [1.807, 2.05) is 30.3 Å². The predicted molar refractivity (Wildman–Crippen MR) is 150 cm³/mol. The van der Waals surface area contributed by atoms with Gasteiger partial charge in [-0.1, -0.05) is 42.5 Å². The molecule has 0 aliphatic heterocycles. The van der Waals surface area contributed by atoms with Gasteiger partial charge in [0.15, 0.2) is 17.3 Å². The van der Waals surface area contributed by atoms with Gasteiger partial charge in [0, 0.05) is 32.9 Å². The fraction of sp³-hybridized carbons (Fsp3) is 0.0741. The van der Waals surface area contributed by atoms with Crippen LogP contribution >= 0.6 is 31.9 Å². The van der Waals surface area contributed by atoms with Gasteiger partial charge in [0.25, 0.3) is 0 Å². The maximum atomic E-state index is 15.5. The number of ether oxygens (including phenoxy) is 1. The standard InChI is InChI=1S/C27H22FO5PS2.Tl/c28-24-23(32-16-17-5-2-1-3-6-17)14-13-22(30)27(24)35-26(19-7-4-8-20(29)15-19)25(31)18-9-11-21(12-10-18)33-36-34;/h1-15,26,29-30H,16,34H2;. The number of carbonyl (C=O) groups is 1. The fourth-order valence-electron chi connectivity index (χ4n) is 3.45. The molecule has 4 aromatic carbocycles. The first-order valence-electron chi connectivity index (χ1n) is 10.8. The van der Waals surface area contributed by atoms with Crippen LogP contribution in [0.15, 0.2) is 95.9 Å². The third-order valence-electron chi connectivity index (χ3n) is 5.21. The van der Waals surface area contributed by atoms with E-state index >= 15 is 4.39 Å². The molecule has 5 nitrogen and oxygen atoms in total. The number of hydrogen-bond acceptors (Lipinski definition) is 7. The topological polar surface area (TPSA) is 76.0 Å². The number of hydrogen-bond donors (Lipinski definition) is 2. The molecule has 0 spiro atoms. The van der Waals surface area contributed by atoms with E-state index in [1.165, 1.54) is 24.3 Å². The maximum Gasteiger partial charge on any atom is 0.182 e. The van der Waals surface area contributed by atoms with Gasteiger partial charge in [0.2, 0.25) is 0 Å². The van der Waals surface area contributed by atoms with E-state index < -0.39 is 11.1 Å². The number of ketones is 1. The zero-order chi connectivity index (χ0) is 25.5. The molecule has 2 atom stereocenters. The van der Waals surface area contributed by atoms with E-state index in [4.69, 9.17) is 8.92 Å². The quantitative estimate of drug-likeness (QED) is 0.0598. The average molecular weight is 745 g/mol. The molecule has 4 aromatic rings. The van der Waals surface area contributed by atoms with Gasteiger partial charge in [-0.2, -0.15) is 0 Å². The molecule has 2 unspecified atom stereocenters. The van der Waals surface area contributed by atoms with Crippen LogP contribution < -0.4 is 8.92 Å². The van der Waals surface area contributed by atoms with Crippen LogP contribution in [0.25, 0.3) is 0 Å². The molecule has 0 amide bonds. The summed E-state index contributed by atoms with van der Waals surface area (Å²) >= 11 is 1.95. The Kier molecular flexibility index (Phi) is 11.1. The average Bonchev–Trinajstić information content (AvgIpc) is 2.89. The van der Waals surface area contributed by atoms with Crippen molar-refractivity contribution in [1.29, 1.82) is 0 Å². The predicted octanol–water partition coefficient (Wildman–Crippen LogP) is 6.97. The van der Waals surface area contributed by atoms with Crippen molar-refractivity contribution in [3.63, 3.8) is 0 Å². The number of thioether (sulfide) groups is 1. The molecule has 0 heterocycles. The molecule has 0 aliphatic carbocycles. The molecule has 10 heteroatoms. The minimum absolute atomic E-state index is 0. The van der Waals surface area contributed by atoms with E-state index in [1.54, 1.807) is 36.4 Å². The fourth-order valence-corrected chi connectivity index (χ4v) is 5.16. The molecule has 37 heavy (non-hydrogen) atoms. The van der Waals surface area contributed by atoms with Gasteiger partial charge in [0.1, 0.15) is 23.9 Å². The third kappa shape index (κ3) is 7.63. The van der Waals surface area contributed by atoms with E-state index in [-0.39, 0.29) is 61.8 Å². The van der Waals surface area contributed by atoms with Gasteiger partial charge in [-0.05, 0) is 68.1 Å². The van der Waals surface area contributed by atoms with Crippen LogP contribution in [0, 0.1) is 5.82 Å². The second kappa shape index (κ2) is 14.0. The van der Waals surface area contributed by atoms with Gasteiger partial charge < -0.3 is 19.1 Å². The van der Waals surface area contributed by atoms with Gasteiger partial charge in [0.05, 0.1) is 21.8 Å². The van der Waals surface area contributed by atoms with Crippen molar-refractivity contribution in [1.82, 2.24) is 0 Å². The second-order valence-corrected chi connectivity index (χ2v) is 9.71. The molecule has 4 rings (SSSR count). The number of phenolic OH excluding ortho intramolecular Hbond substituents is 2. The normalized spacial score (nSPS) is 11.3. The Balaban J connectivity index is 0.00000380. The molecule has 0 aliphatic rings. The number of aromatic hydroxyl groups is 2. The Morgan fingerprint density at radius 1 is 0.946 bits per heavy atom. The number of benzene rings is 4. The summed E-state index contributed by atoms with van der Waals surface area (Å²) in [4.78, 5) is 13.4. The number of Topliss-reactive ketones (excluding diaryl/α,β-unsaturated/α-hetero) is 1. The minimum Gasteiger partial charge on any atom is -0.508 e. The molecule has 1 radical (unpaired) electrons. The number of halogens is 1. The van der Waals surface area contributed by atoms with Crippen molar-refractivity contribution in [2.45, 2.75) is 16.8 Å². The smallest absolute Gasteiger partial charge is 0.182 e. The van der Waals surface area contributed by atoms with Crippen LogP contribution in [0.4, 0.5) is 4.39 Å². The molecular weight excluding hydrogens is 723 g/mol. The maximum absolute atomic E-state index is 15.5. The Morgan fingerprint density at radius 3 is 2.35 bits per heavy atom. The first kappa shape index (κ1) is 29.3. The number of phenols is 2. The van der Waals surface area contributed by atoms with Crippen molar-refractivity contribution < 1.29 is 28.3 Å². The van der Waals surface area contributed by atoms with Crippen LogP contribution in [0.2, 0.25) is 0 Å². The molecule has 0 saturated heterocycles. The van der Waals surface area contributed by atoms with Crippen molar-refractivity contribution in [3.05, 3.63) is 114 Å². The summed E-state index contributed by atoms with van der Waals surface area (Å²) in [6, 6.07) is 24.8. The summed E-state index contributed by atoms with van der Waals surface area (Å²) in [5.74, 6) is -0.918. The summed E-state index contributed by atoms with van der Waals surface area (Å²) in [5, 5.41) is 19.6. The van der Waals surface area contributed by atoms with E-state index in [2.05, 4.69) is 8.44 Å². The van der Waals surface area contributed by atoms with Crippen LogP contribution in [-0.2, 0) is 6.61 Å². The first-order chi connectivity index (χ1) is 17.5. The van der Waals surface area contributed by atoms with Gasteiger partial charge in [-0.3, -0.25) is 4.79 Å². The van der Waals surface area contributed by atoms with Crippen LogP contribution in [0.3, 0.4) is 0 Å². The largest absolute Gasteiger partial charge is 0.508 e. The zero-order valence-electron chi connectivity index (χ0n) is 19.4.